The fourth-order valence-corrected chi connectivity index (χ4v) is 5.77. The van der Waals surface area contributed by atoms with Gasteiger partial charge in [0.05, 0.1) is 12.2 Å². The quantitative estimate of drug-likeness (QED) is 0.792. The average molecular weight is 396 g/mol. The molecule has 5 rings (SSSR count). The van der Waals surface area contributed by atoms with Crippen LogP contribution in [-0.2, 0) is 21.0 Å². The van der Waals surface area contributed by atoms with Crippen LogP contribution in [0, 0.1) is 18.7 Å². The molecule has 2 aromatic rings. The van der Waals surface area contributed by atoms with Gasteiger partial charge in [-0.2, -0.15) is 0 Å². The van der Waals surface area contributed by atoms with E-state index in [4.69, 9.17) is 0 Å². The first kappa shape index (κ1) is 17.7. The molecule has 2 heterocycles. The molecule has 0 aromatic heterocycles. The summed E-state index contributed by atoms with van der Waals surface area (Å²) in [6, 6.07) is 12.5. The molecular formula is C22H21FN2O2S. The summed E-state index contributed by atoms with van der Waals surface area (Å²) < 4.78 is 14.2. The molecular weight excluding hydrogens is 375 g/mol. The van der Waals surface area contributed by atoms with Crippen LogP contribution in [0.2, 0.25) is 0 Å². The van der Waals surface area contributed by atoms with Crippen LogP contribution in [0.15, 0.2) is 42.5 Å². The first-order chi connectivity index (χ1) is 13.5. The largest absolute Gasteiger partial charge is 0.315 e. The Hall–Kier alpha value is -2.34. The van der Waals surface area contributed by atoms with E-state index >= 15 is 0 Å². The minimum atomic E-state index is -1.12. The highest BCUT2D eigenvalue weighted by Crippen LogP contribution is 2.55. The molecule has 1 aliphatic carbocycles. The summed E-state index contributed by atoms with van der Waals surface area (Å²) in [5.41, 5.74) is 3.46. The van der Waals surface area contributed by atoms with Gasteiger partial charge in [0.15, 0.2) is 4.87 Å². The maximum atomic E-state index is 14.2. The zero-order chi connectivity index (χ0) is 19.5. The van der Waals surface area contributed by atoms with Gasteiger partial charge in [-0.25, -0.2) is 4.39 Å². The third kappa shape index (κ3) is 2.58. The number of hydrogen-bond acceptors (Lipinski definition) is 3. The van der Waals surface area contributed by atoms with Gasteiger partial charge in [0.1, 0.15) is 5.82 Å². The van der Waals surface area contributed by atoms with E-state index in [1.54, 1.807) is 15.9 Å². The van der Waals surface area contributed by atoms with E-state index in [0.717, 1.165) is 24.0 Å². The van der Waals surface area contributed by atoms with Crippen molar-refractivity contribution in [3.63, 3.8) is 0 Å². The fraction of sp³-hybridized carbons (Fsp3) is 0.364. The van der Waals surface area contributed by atoms with Gasteiger partial charge in [0.25, 0.3) is 5.91 Å². The van der Waals surface area contributed by atoms with Crippen molar-refractivity contribution < 1.29 is 14.0 Å². The number of rotatable bonds is 3. The summed E-state index contributed by atoms with van der Waals surface area (Å²) in [7, 11) is 0. The van der Waals surface area contributed by atoms with Crippen molar-refractivity contribution in [3.05, 3.63) is 65.0 Å². The molecule has 1 saturated carbocycles. The summed E-state index contributed by atoms with van der Waals surface area (Å²) in [4.78, 5) is 29.0. The Balaban J connectivity index is 1.60. The van der Waals surface area contributed by atoms with E-state index in [-0.39, 0.29) is 23.5 Å². The number of benzene rings is 2. The summed E-state index contributed by atoms with van der Waals surface area (Å²) in [5, 5.41) is 0. The lowest BCUT2D eigenvalue weighted by molar-refractivity contribution is -0.141. The molecule has 2 amide bonds. The van der Waals surface area contributed by atoms with Crippen LogP contribution in [0.4, 0.5) is 10.1 Å². The zero-order valence-electron chi connectivity index (χ0n) is 15.7. The van der Waals surface area contributed by atoms with Crippen molar-refractivity contribution in [1.29, 1.82) is 0 Å². The molecule has 28 heavy (non-hydrogen) atoms. The lowest BCUT2D eigenvalue weighted by Crippen LogP contribution is -2.50. The topological polar surface area (TPSA) is 40.6 Å². The molecule has 4 nitrogen and oxygen atoms in total. The molecule has 0 unspecified atom stereocenters. The number of amides is 2. The Morgan fingerprint density at radius 3 is 2.82 bits per heavy atom. The fourth-order valence-electron chi connectivity index (χ4n) is 4.31. The molecule has 1 spiro atoms. The Labute approximate surface area is 167 Å². The van der Waals surface area contributed by atoms with E-state index in [0.29, 0.717) is 30.1 Å². The number of thioether (sulfide) groups is 1. The van der Waals surface area contributed by atoms with Crippen molar-refractivity contribution in [2.75, 3.05) is 17.2 Å². The molecule has 0 N–H and O–H groups in total. The van der Waals surface area contributed by atoms with Crippen LogP contribution in [-0.4, -0.2) is 29.0 Å². The highest BCUT2D eigenvalue weighted by Gasteiger charge is 2.60. The monoisotopic (exact) mass is 396 g/mol. The number of nitrogens with zero attached hydrogens (tertiary/aromatic N) is 2. The van der Waals surface area contributed by atoms with Gasteiger partial charge in [-0.15, -0.1) is 11.8 Å². The van der Waals surface area contributed by atoms with Crippen molar-refractivity contribution in [3.8, 4) is 0 Å². The maximum absolute atomic E-state index is 14.2. The molecule has 144 valence electrons. The van der Waals surface area contributed by atoms with Gasteiger partial charge in [0.2, 0.25) is 5.91 Å². The minimum absolute atomic E-state index is 0.0196. The van der Waals surface area contributed by atoms with Crippen LogP contribution in [0.25, 0.3) is 0 Å². The summed E-state index contributed by atoms with van der Waals surface area (Å²) >= 11 is 1.46. The highest BCUT2D eigenvalue weighted by atomic mass is 32.2. The second-order valence-electron chi connectivity index (χ2n) is 7.80. The Kier molecular flexibility index (Phi) is 4.02. The number of carbonyl (C=O) groups excluding carboxylic acids is 2. The molecule has 0 bridgehead atoms. The summed E-state index contributed by atoms with van der Waals surface area (Å²) in [5.74, 6) is 0.219. The van der Waals surface area contributed by atoms with Gasteiger partial charge < -0.3 is 9.80 Å². The molecule has 1 saturated heterocycles. The predicted molar refractivity (Wildman–Crippen MR) is 107 cm³/mol. The second-order valence-corrected chi connectivity index (χ2v) is 9.09. The van der Waals surface area contributed by atoms with Gasteiger partial charge >= 0.3 is 0 Å². The van der Waals surface area contributed by atoms with Crippen molar-refractivity contribution >= 4 is 29.3 Å². The van der Waals surface area contributed by atoms with Crippen LogP contribution >= 0.6 is 11.8 Å². The van der Waals surface area contributed by atoms with E-state index < -0.39 is 4.87 Å². The number of halogens is 1. The zero-order valence-corrected chi connectivity index (χ0v) is 16.5. The number of fused-ring (bicyclic) bond motifs is 2. The molecule has 3 aliphatic rings. The Bertz CT molecular complexity index is 990. The average Bonchev–Trinajstić information content (AvgIpc) is 3.39. The van der Waals surface area contributed by atoms with E-state index in [2.05, 4.69) is 6.07 Å². The number of aryl methyl sites for hydroxylation is 1. The van der Waals surface area contributed by atoms with Gasteiger partial charge in [0, 0.05) is 23.8 Å². The van der Waals surface area contributed by atoms with Crippen LogP contribution in [0.5, 0.6) is 0 Å². The lowest BCUT2D eigenvalue weighted by Gasteiger charge is -2.33. The van der Waals surface area contributed by atoms with Crippen LogP contribution in [0.1, 0.15) is 29.5 Å². The van der Waals surface area contributed by atoms with Crippen LogP contribution in [0.3, 0.4) is 0 Å². The number of carbonyl (C=O) groups is 2. The molecule has 2 aromatic carbocycles. The predicted octanol–water partition coefficient (Wildman–Crippen LogP) is 3.82. The standard InChI is InChI=1S/C22H21FN2O2S/c1-14-3-2-4-15(11-14)13-24-19-8-7-17(23)12-18(19)22(21(24)27)25(9-10-28-22)20(26)16-5-6-16/h2-4,7-8,11-12,16H,5-6,9-10,13H2,1H3/t22-/m1/s1. The maximum Gasteiger partial charge on any atom is 0.268 e. The number of hydrogen-bond donors (Lipinski definition) is 0. The SMILES string of the molecule is Cc1cccc(CN2C(=O)[C@]3(SCCN3C(=O)C3CC3)c3cc(F)ccc32)c1. The molecule has 1 atom stereocenters. The molecule has 0 radical (unpaired) electrons. The van der Waals surface area contributed by atoms with E-state index in [9.17, 15) is 14.0 Å². The summed E-state index contributed by atoms with van der Waals surface area (Å²) in [6.07, 6.45) is 1.76. The Morgan fingerprint density at radius 2 is 2.07 bits per heavy atom. The van der Waals surface area contributed by atoms with E-state index in [1.807, 2.05) is 25.1 Å². The van der Waals surface area contributed by atoms with Gasteiger partial charge in [-0.05, 0) is 43.5 Å². The first-order valence-electron chi connectivity index (χ1n) is 9.64. The normalized spacial score (nSPS) is 23.6. The third-order valence-corrected chi connectivity index (χ3v) is 7.19. The molecule has 6 heteroatoms. The minimum Gasteiger partial charge on any atom is -0.315 e. The Morgan fingerprint density at radius 1 is 1.25 bits per heavy atom. The smallest absolute Gasteiger partial charge is 0.268 e. The summed E-state index contributed by atoms with van der Waals surface area (Å²) in [6.45, 7) is 2.95. The van der Waals surface area contributed by atoms with Crippen LogP contribution < -0.4 is 4.90 Å². The molecule has 2 aliphatic heterocycles. The van der Waals surface area contributed by atoms with Gasteiger partial charge in [-0.1, -0.05) is 29.8 Å². The molecule has 2 fully saturated rings. The van der Waals surface area contributed by atoms with Crippen molar-refractivity contribution in [2.24, 2.45) is 5.92 Å². The third-order valence-electron chi connectivity index (χ3n) is 5.77. The van der Waals surface area contributed by atoms with Crippen molar-refractivity contribution in [1.82, 2.24) is 4.90 Å². The van der Waals surface area contributed by atoms with E-state index in [1.165, 1.54) is 23.9 Å². The lowest BCUT2D eigenvalue weighted by atomic mass is 10.0. The van der Waals surface area contributed by atoms with Gasteiger partial charge in [-0.3, -0.25) is 9.59 Å². The number of anilines is 1. The first-order valence-corrected chi connectivity index (χ1v) is 10.6. The highest BCUT2D eigenvalue weighted by molar-refractivity contribution is 8.01. The van der Waals surface area contributed by atoms with Crippen molar-refractivity contribution in [2.45, 2.75) is 31.2 Å². The second kappa shape index (κ2) is 6.34.